The molecule has 0 spiro atoms. The van der Waals surface area contributed by atoms with Crippen molar-refractivity contribution in [2.75, 3.05) is 33.2 Å². The lowest BCUT2D eigenvalue weighted by atomic mass is 9.70. The number of piperidine rings is 2. The van der Waals surface area contributed by atoms with E-state index in [1.807, 2.05) is 45.2 Å². The molecule has 0 saturated carbocycles. The van der Waals surface area contributed by atoms with E-state index in [2.05, 4.69) is 90.3 Å². The molecule has 5 heteroatoms. The summed E-state index contributed by atoms with van der Waals surface area (Å²) in [6, 6.07) is 21.3. The van der Waals surface area contributed by atoms with Crippen LogP contribution in [0.3, 0.4) is 0 Å². The van der Waals surface area contributed by atoms with Crippen molar-refractivity contribution in [2.45, 2.75) is 91.3 Å². The molecule has 1 atom stereocenters. The molecular formula is C36H56N4O. The Balaban J connectivity index is 0.000000500. The predicted molar refractivity (Wildman–Crippen MR) is 176 cm³/mol. The minimum atomic E-state index is -0.351. The fourth-order valence-corrected chi connectivity index (χ4v) is 6.16. The Labute approximate surface area is 251 Å². The van der Waals surface area contributed by atoms with E-state index >= 15 is 0 Å². The summed E-state index contributed by atoms with van der Waals surface area (Å²) in [6.45, 7) is 24.6. The van der Waals surface area contributed by atoms with E-state index in [1.165, 1.54) is 5.56 Å². The molecule has 0 aliphatic carbocycles. The van der Waals surface area contributed by atoms with Gasteiger partial charge in [0.25, 0.3) is 0 Å². The molecule has 0 amide bonds. The summed E-state index contributed by atoms with van der Waals surface area (Å²) in [5, 5.41) is 3.36. The highest BCUT2D eigenvalue weighted by atomic mass is 16.1. The molecule has 2 aromatic carbocycles. The molecule has 226 valence electrons. The van der Waals surface area contributed by atoms with Crippen LogP contribution in [0.25, 0.3) is 0 Å². The number of ketones is 1. The van der Waals surface area contributed by atoms with E-state index in [0.29, 0.717) is 6.04 Å². The van der Waals surface area contributed by atoms with Gasteiger partial charge in [0.1, 0.15) is 5.78 Å². The molecule has 1 N–H and O–H groups in total. The lowest BCUT2D eigenvalue weighted by Crippen LogP contribution is -2.53. The first-order valence-electron chi connectivity index (χ1n) is 15.6. The normalized spacial score (nSPS) is 17.2. The number of nitrogens with one attached hydrogen (secondary N) is 1. The fraction of sp³-hybridized carbons (Fsp3) is 0.528. The summed E-state index contributed by atoms with van der Waals surface area (Å²) in [5.74, 6) is 1.40. The van der Waals surface area contributed by atoms with Crippen molar-refractivity contribution in [3.63, 3.8) is 0 Å². The molecule has 41 heavy (non-hydrogen) atoms. The van der Waals surface area contributed by atoms with Gasteiger partial charge >= 0.3 is 0 Å². The van der Waals surface area contributed by atoms with Crippen molar-refractivity contribution < 1.29 is 4.79 Å². The maximum Gasteiger partial charge on any atom is 0.140 e. The molecule has 1 unspecified atom stereocenters. The van der Waals surface area contributed by atoms with Gasteiger partial charge in [-0.05, 0) is 71.0 Å². The highest BCUT2D eigenvalue weighted by molar-refractivity contribution is 5.88. The zero-order valence-corrected chi connectivity index (χ0v) is 27.0. The van der Waals surface area contributed by atoms with E-state index in [0.717, 1.165) is 75.4 Å². The van der Waals surface area contributed by atoms with Crippen LogP contribution in [0.2, 0.25) is 0 Å². The first-order valence-corrected chi connectivity index (χ1v) is 15.6. The lowest BCUT2D eigenvalue weighted by molar-refractivity contribution is -0.124. The summed E-state index contributed by atoms with van der Waals surface area (Å²) < 4.78 is 0. The number of carbonyl (C=O) groups is 1. The van der Waals surface area contributed by atoms with Gasteiger partial charge < -0.3 is 20.0 Å². The molecule has 0 radical (unpaired) electrons. The maximum atomic E-state index is 12.7. The third-order valence-electron chi connectivity index (χ3n) is 8.73. The van der Waals surface area contributed by atoms with Crippen LogP contribution >= 0.6 is 0 Å². The molecule has 2 aromatic rings. The third-order valence-corrected chi connectivity index (χ3v) is 8.73. The second-order valence-electron chi connectivity index (χ2n) is 11.1. The van der Waals surface area contributed by atoms with Crippen LogP contribution < -0.4 is 5.32 Å². The maximum absolute atomic E-state index is 12.7. The molecule has 2 fully saturated rings. The van der Waals surface area contributed by atoms with Gasteiger partial charge in [-0.1, -0.05) is 94.6 Å². The Morgan fingerprint density at radius 1 is 0.927 bits per heavy atom. The van der Waals surface area contributed by atoms with Gasteiger partial charge in [0.15, 0.2) is 0 Å². The summed E-state index contributed by atoms with van der Waals surface area (Å²) >= 11 is 0. The minimum Gasteiger partial charge on any atom is -0.359 e. The largest absolute Gasteiger partial charge is 0.359 e. The van der Waals surface area contributed by atoms with Gasteiger partial charge in [0.05, 0.1) is 17.4 Å². The van der Waals surface area contributed by atoms with E-state index in [-0.39, 0.29) is 17.4 Å². The van der Waals surface area contributed by atoms with E-state index in [9.17, 15) is 4.79 Å². The molecule has 2 saturated heterocycles. The number of rotatable bonds is 9. The van der Waals surface area contributed by atoms with Crippen LogP contribution in [0.1, 0.15) is 78.4 Å². The Morgan fingerprint density at radius 3 is 1.83 bits per heavy atom. The number of hydrogen-bond acceptors (Lipinski definition) is 5. The Hall–Kier alpha value is -3.05. The van der Waals surface area contributed by atoms with E-state index < -0.39 is 0 Å². The predicted octanol–water partition coefficient (Wildman–Crippen LogP) is 7.22. The summed E-state index contributed by atoms with van der Waals surface area (Å²) in [5.41, 5.74) is 3.34. The second-order valence-corrected chi connectivity index (χ2v) is 11.1. The SMILES string of the molecule is C=C(N1CCC(N(C(=C)C)C(C)NC)CC1)N1CCC(C(C)=O)(c2ccccc2)CC1.CC.CCc1ccccc1. The van der Waals surface area contributed by atoms with Crippen molar-refractivity contribution in [3.05, 3.63) is 96.5 Å². The number of nitrogens with zero attached hydrogens (tertiary/aromatic N) is 3. The molecule has 0 bridgehead atoms. The van der Waals surface area contributed by atoms with Crippen molar-refractivity contribution in [2.24, 2.45) is 0 Å². The lowest BCUT2D eigenvalue weighted by Gasteiger charge is -2.47. The summed E-state index contributed by atoms with van der Waals surface area (Å²) in [4.78, 5) is 19.9. The van der Waals surface area contributed by atoms with Crippen LogP contribution in [0.15, 0.2) is 85.3 Å². The first kappa shape index (κ1) is 34.2. The average molecular weight is 561 g/mol. The van der Waals surface area contributed by atoms with Crippen LogP contribution in [0.5, 0.6) is 0 Å². The summed E-state index contributed by atoms with van der Waals surface area (Å²) in [6.07, 6.45) is 5.34. The van der Waals surface area contributed by atoms with Crippen molar-refractivity contribution in [1.82, 2.24) is 20.0 Å². The number of allylic oxidation sites excluding steroid dienone is 1. The zero-order valence-electron chi connectivity index (χ0n) is 27.0. The van der Waals surface area contributed by atoms with Crippen molar-refractivity contribution in [3.8, 4) is 0 Å². The van der Waals surface area contributed by atoms with Gasteiger partial charge in [-0.2, -0.15) is 0 Å². The topological polar surface area (TPSA) is 38.8 Å². The van der Waals surface area contributed by atoms with Gasteiger partial charge in [0.2, 0.25) is 0 Å². The van der Waals surface area contributed by atoms with Gasteiger partial charge in [0, 0.05) is 37.9 Å². The highest BCUT2D eigenvalue weighted by Crippen LogP contribution is 2.38. The van der Waals surface area contributed by atoms with Crippen molar-refractivity contribution in [1.29, 1.82) is 0 Å². The molecule has 0 aromatic heterocycles. The smallest absolute Gasteiger partial charge is 0.140 e. The number of likely N-dealkylation sites (tertiary alicyclic amines) is 2. The van der Waals surface area contributed by atoms with Crippen LogP contribution in [-0.4, -0.2) is 65.9 Å². The summed E-state index contributed by atoms with van der Waals surface area (Å²) in [7, 11) is 2.00. The molecule has 5 nitrogen and oxygen atoms in total. The molecule has 2 aliphatic rings. The van der Waals surface area contributed by atoms with Crippen molar-refractivity contribution >= 4 is 5.78 Å². The number of Topliss-reactive ketones (excluding diaryl/α,β-unsaturated/α-hetero) is 1. The van der Waals surface area contributed by atoms with Gasteiger partial charge in [-0.3, -0.25) is 4.79 Å². The molecule has 2 aliphatic heterocycles. The quantitative estimate of drug-likeness (QED) is 0.328. The van der Waals surface area contributed by atoms with Gasteiger partial charge in [-0.15, -0.1) is 0 Å². The zero-order chi connectivity index (χ0) is 30.4. The van der Waals surface area contributed by atoms with Gasteiger partial charge in [-0.25, -0.2) is 0 Å². The fourth-order valence-electron chi connectivity index (χ4n) is 6.16. The van der Waals surface area contributed by atoms with Crippen LogP contribution in [0, 0.1) is 0 Å². The Bertz CT molecular complexity index is 1050. The molecule has 4 rings (SSSR count). The Kier molecular flexibility index (Phi) is 14.2. The number of hydrogen-bond donors (Lipinski definition) is 1. The first-order chi connectivity index (χ1) is 19.7. The highest BCUT2D eigenvalue weighted by Gasteiger charge is 2.41. The third kappa shape index (κ3) is 8.97. The number of benzene rings is 2. The number of carbonyl (C=O) groups excluding carboxylic acids is 1. The molecule has 2 heterocycles. The number of aryl methyl sites for hydroxylation is 1. The van der Waals surface area contributed by atoms with E-state index in [4.69, 9.17) is 0 Å². The average Bonchev–Trinajstić information content (AvgIpc) is 3.03. The second kappa shape index (κ2) is 17.0. The van der Waals surface area contributed by atoms with Crippen LogP contribution in [0.4, 0.5) is 0 Å². The van der Waals surface area contributed by atoms with E-state index in [1.54, 1.807) is 6.92 Å². The minimum absolute atomic E-state index is 0.281. The Morgan fingerprint density at radius 2 is 1.41 bits per heavy atom. The standard InChI is InChI=1S/C26H40N4O.C8H10.C2H6/c1-20(2)30(22(4)27-6)25-12-16-28(17-13-25)23(5)29-18-14-26(15-19-29,21(3)31)24-10-8-7-9-11-24;1-2-8-6-4-3-5-7-8;1-2/h7-11,22,25,27H,1,5,12-19H2,2-4,6H3;3-7H,2H2,1H3;1-2H3. The van der Waals surface area contributed by atoms with Crippen LogP contribution in [-0.2, 0) is 16.6 Å². The monoisotopic (exact) mass is 560 g/mol. The molecular weight excluding hydrogens is 504 g/mol.